The van der Waals surface area contributed by atoms with E-state index in [0.717, 1.165) is 17.5 Å². The van der Waals surface area contributed by atoms with Gasteiger partial charge in [-0.3, -0.25) is 0 Å². The number of carboxylic acids is 1. The number of halogens is 3. The summed E-state index contributed by atoms with van der Waals surface area (Å²) in [5, 5.41) is 9.65. The van der Waals surface area contributed by atoms with E-state index in [-0.39, 0.29) is 5.57 Å². The van der Waals surface area contributed by atoms with Gasteiger partial charge < -0.3 is 10.0 Å². The van der Waals surface area contributed by atoms with Crippen molar-refractivity contribution in [1.29, 1.82) is 0 Å². The third-order valence-corrected chi connectivity index (χ3v) is 5.49. The zero-order chi connectivity index (χ0) is 19.0. The van der Waals surface area contributed by atoms with Gasteiger partial charge in [0.1, 0.15) is 5.82 Å². The van der Waals surface area contributed by atoms with Crippen LogP contribution in [0.15, 0.2) is 45.1 Å². The Balaban J connectivity index is 2.23. The topological polar surface area (TPSA) is 65.8 Å². The van der Waals surface area contributed by atoms with Crippen molar-refractivity contribution < 1.29 is 18.7 Å². The SMILES string of the molecule is CCN1C(c2ncc(F)s2)=NC(C)=C(C(=O)O)C1c1ccc(F)cc1Br. The average Bonchev–Trinajstić information content (AvgIpc) is 3.00. The zero-order valence-corrected chi connectivity index (χ0v) is 16.2. The molecule has 0 radical (unpaired) electrons. The van der Waals surface area contributed by atoms with Gasteiger partial charge in [0.15, 0.2) is 16.0 Å². The summed E-state index contributed by atoms with van der Waals surface area (Å²) in [7, 11) is 0. The number of allylic oxidation sites excluding steroid dienone is 1. The van der Waals surface area contributed by atoms with Crippen LogP contribution < -0.4 is 0 Å². The van der Waals surface area contributed by atoms with Crippen molar-refractivity contribution in [2.75, 3.05) is 6.54 Å². The fourth-order valence-electron chi connectivity index (χ4n) is 2.94. The first kappa shape index (κ1) is 18.7. The van der Waals surface area contributed by atoms with E-state index in [4.69, 9.17) is 0 Å². The molecule has 26 heavy (non-hydrogen) atoms. The number of aliphatic carboxylic acids is 1. The third kappa shape index (κ3) is 3.28. The highest BCUT2D eigenvalue weighted by atomic mass is 79.9. The molecule has 2 heterocycles. The van der Waals surface area contributed by atoms with E-state index >= 15 is 0 Å². The van der Waals surface area contributed by atoms with Gasteiger partial charge >= 0.3 is 5.97 Å². The zero-order valence-electron chi connectivity index (χ0n) is 13.8. The lowest BCUT2D eigenvalue weighted by Crippen LogP contribution is -2.41. The minimum atomic E-state index is -1.12. The molecule has 1 aliphatic rings. The molecule has 3 rings (SSSR count). The molecular weight excluding hydrogens is 428 g/mol. The van der Waals surface area contributed by atoms with Crippen molar-refractivity contribution in [2.45, 2.75) is 19.9 Å². The molecular formula is C17H14BrF2N3O2S. The second kappa shape index (κ2) is 7.24. The lowest BCUT2D eigenvalue weighted by atomic mass is 9.93. The summed E-state index contributed by atoms with van der Waals surface area (Å²) >= 11 is 4.16. The molecule has 0 amide bonds. The van der Waals surface area contributed by atoms with Crippen molar-refractivity contribution in [3.05, 3.63) is 61.7 Å². The first-order valence-electron chi connectivity index (χ1n) is 7.69. The number of benzene rings is 1. The number of aromatic nitrogens is 1. The first-order chi connectivity index (χ1) is 12.3. The number of aliphatic imine (C=N–C) groups is 1. The molecule has 2 aromatic rings. The van der Waals surface area contributed by atoms with E-state index < -0.39 is 23.0 Å². The molecule has 0 saturated carbocycles. The molecule has 0 fully saturated rings. The van der Waals surface area contributed by atoms with Gasteiger partial charge in [-0.05, 0) is 31.5 Å². The number of rotatable bonds is 4. The van der Waals surface area contributed by atoms with Crippen molar-refractivity contribution in [3.8, 4) is 0 Å². The number of hydrogen-bond donors (Lipinski definition) is 1. The Morgan fingerprint density at radius 3 is 2.69 bits per heavy atom. The fourth-order valence-corrected chi connectivity index (χ4v) is 4.16. The van der Waals surface area contributed by atoms with Gasteiger partial charge in [-0.2, -0.15) is 4.39 Å². The van der Waals surface area contributed by atoms with Crippen LogP contribution in [-0.2, 0) is 4.79 Å². The number of carbonyl (C=O) groups is 1. The maximum absolute atomic E-state index is 13.5. The summed E-state index contributed by atoms with van der Waals surface area (Å²) in [6, 6.07) is 3.38. The molecule has 1 aliphatic heterocycles. The predicted octanol–water partition coefficient (Wildman–Crippen LogP) is 4.37. The molecule has 1 unspecified atom stereocenters. The number of thiazole rings is 1. The van der Waals surface area contributed by atoms with E-state index in [9.17, 15) is 18.7 Å². The third-order valence-electron chi connectivity index (χ3n) is 4.02. The van der Waals surface area contributed by atoms with Crippen molar-refractivity contribution >= 4 is 39.1 Å². The van der Waals surface area contributed by atoms with Crippen LogP contribution in [0, 0.1) is 10.9 Å². The van der Waals surface area contributed by atoms with E-state index in [1.54, 1.807) is 11.8 Å². The quantitative estimate of drug-likeness (QED) is 0.764. The summed E-state index contributed by atoms with van der Waals surface area (Å²) in [6.45, 7) is 3.83. The summed E-state index contributed by atoms with van der Waals surface area (Å²) < 4.78 is 27.4. The highest BCUT2D eigenvalue weighted by Crippen LogP contribution is 2.39. The molecule has 0 aliphatic carbocycles. The standard InChI is InChI=1S/C17H14BrF2N3O2S/c1-3-23-14(10-5-4-9(19)6-11(10)18)13(17(24)25)8(2)22-15(23)16-21-7-12(20)26-16/h4-7,14H,3H2,1-2H3,(H,24,25). The summed E-state index contributed by atoms with van der Waals surface area (Å²) in [4.78, 5) is 22.1. The van der Waals surface area contributed by atoms with Gasteiger partial charge in [0.2, 0.25) is 0 Å². The van der Waals surface area contributed by atoms with Gasteiger partial charge in [-0.15, -0.1) is 0 Å². The van der Waals surface area contributed by atoms with E-state index in [1.807, 2.05) is 6.92 Å². The maximum atomic E-state index is 13.5. The lowest BCUT2D eigenvalue weighted by Gasteiger charge is -2.37. The Hall–Kier alpha value is -2.13. The van der Waals surface area contributed by atoms with E-state index in [2.05, 4.69) is 25.9 Å². The maximum Gasteiger partial charge on any atom is 0.335 e. The van der Waals surface area contributed by atoms with Crippen LogP contribution >= 0.6 is 27.3 Å². The molecule has 1 atom stereocenters. The van der Waals surface area contributed by atoms with Gasteiger partial charge in [-0.25, -0.2) is 19.2 Å². The van der Waals surface area contributed by atoms with Crippen LogP contribution in [0.1, 0.15) is 30.5 Å². The van der Waals surface area contributed by atoms with Crippen LogP contribution in [0.5, 0.6) is 0 Å². The Kier molecular flexibility index (Phi) is 5.19. The summed E-state index contributed by atoms with van der Waals surface area (Å²) in [5.74, 6) is -1.16. The highest BCUT2D eigenvalue weighted by Gasteiger charge is 2.37. The number of carboxylic acid groups (broad SMARTS) is 1. The first-order valence-corrected chi connectivity index (χ1v) is 9.30. The van der Waals surface area contributed by atoms with Gasteiger partial charge in [0, 0.05) is 11.0 Å². The molecule has 5 nitrogen and oxygen atoms in total. The minimum absolute atomic E-state index is 0.0833. The normalized spacial score (nSPS) is 17.5. The van der Waals surface area contributed by atoms with E-state index in [0.29, 0.717) is 33.1 Å². The number of hydrogen-bond acceptors (Lipinski definition) is 5. The molecule has 9 heteroatoms. The molecule has 0 bridgehead atoms. The van der Waals surface area contributed by atoms with Crippen LogP contribution in [0.25, 0.3) is 0 Å². The molecule has 0 saturated heterocycles. The van der Waals surface area contributed by atoms with Crippen LogP contribution in [-0.4, -0.2) is 33.3 Å². The monoisotopic (exact) mass is 441 g/mol. The van der Waals surface area contributed by atoms with Crippen molar-refractivity contribution in [3.63, 3.8) is 0 Å². The largest absolute Gasteiger partial charge is 0.478 e. The second-order valence-electron chi connectivity index (χ2n) is 5.56. The van der Waals surface area contributed by atoms with Gasteiger partial charge in [0.25, 0.3) is 0 Å². The average molecular weight is 442 g/mol. The minimum Gasteiger partial charge on any atom is -0.478 e. The molecule has 0 spiro atoms. The predicted molar refractivity (Wildman–Crippen MR) is 98.2 cm³/mol. The van der Waals surface area contributed by atoms with Gasteiger partial charge in [-0.1, -0.05) is 33.3 Å². The van der Waals surface area contributed by atoms with Crippen molar-refractivity contribution in [1.82, 2.24) is 9.88 Å². The Morgan fingerprint density at radius 2 is 2.15 bits per heavy atom. The molecule has 1 aromatic carbocycles. The number of amidine groups is 1. The smallest absolute Gasteiger partial charge is 0.335 e. The Bertz CT molecular complexity index is 942. The Labute approximate surface area is 160 Å². The Morgan fingerprint density at radius 1 is 1.42 bits per heavy atom. The highest BCUT2D eigenvalue weighted by molar-refractivity contribution is 9.10. The fraction of sp³-hybridized carbons (Fsp3) is 0.235. The van der Waals surface area contributed by atoms with Crippen LogP contribution in [0.3, 0.4) is 0 Å². The van der Waals surface area contributed by atoms with Crippen LogP contribution in [0.4, 0.5) is 8.78 Å². The number of nitrogens with zero attached hydrogens (tertiary/aromatic N) is 3. The second-order valence-corrected chi connectivity index (χ2v) is 7.40. The molecule has 136 valence electrons. The molecule has 1 aromatic heterocycles. The van der Waals surface area contributed by atoms with Crippen LogP contribution in [0.2, 0.25) is 0 Å². The summed E-state index contributed by atoms with van der Waals surface area (Å²) in [5.41, 5.74) is 0.961. The summed E-state index contributed by atoms with van der Waals surface area (Å²) in [6.07, 6.45) is 1.10. The van der Waals surface area contributed by atoms with Crippen molar-refractivity contribution in [2.24, 2.45) is 4.99 Å². The lowest BCUT2D eigenvalue weighted by molar-refractivity contribution is -0.133. The molecule has 1 N–H and O–H groups in total. The van der Waals surface area contributed by atoms with E-state index in [1.165, 1.54) is 18.2 Å². The number of likely N-dealkylation sites (N-methyl/N-ethyl adjacent to an activating group) is 1. The van der Waals surface area contributed by atoms with Gasteiger partial charge in [0.05, 0.1) is 23.5 Å².